The van der Waals surface area contributed by atoms with Gasteiger partial charge in [-0.3, -0.25) is 4.90 Å². The molecule has 1 unspecified atom stereocenters. The SMILES string of the molecule is CC1c2ccsc2CCN1Cc1ccc(NN)nc1. The number of nitrogens with two attached hydrogens (primary N) is 1. The fraction of sp³-hybridized carbons (Fsp3) is 0.357. The molecule has 0 aliphatic carbocycles. The molecule has 0 radical (unpaired) electrons. The summed E-state index contributed by atoms with van der Waals surface area (Å²) >= 11 is 1.88. The summed E-state index contributed by atoms with van der Waals surface area (Å²) in [7, 11) is 0. The molecule has 1 aliphatic rings. The van der Waals surface area contributed by atoms with Gasteiger partial charge in [-0.25, -0.2) is 10.8 Å². The second-order valence-electron chi connectivity index (χ2n) is 4.89. The molecule has 0 aromatic carbocycles. The first-order valence-corrected chi connectivity index (χ1v) is 7.38. The molecule has 5 heteroatoms. The number of hydrazine groups is 1. The molecular weight excluding hydrogens is 256 g/mol. The molecule has 100 valence electrons. The van der Waals surface area contributed by atoms with Crippen molar-refractivity contribution in [1.29, 1.82) is 0 Å². The van der Waals surface area contributed by atoms with Crippen LogP contribution in [0.2, 0.25) is 0 Å². The smallest absolute Gasteiger partial charge is 0.139 e. The van der Waals surface area contributed by atoms with Gasteiger partial charge < -0.3 is 5.43 Å². The van der Waals surface area contributed by atoms with E-state index in [-0.39, 0.29) is 0 Å². The lowest BCUT2D eigenvalue weighted by atomic mass is 10.0. The van der Waals surface area contributed by atoms with Crippen molar-refractivity contribution in [1.82, 2.24) is 9.88 Å². The Morgan fingerprint density at radius 3 is 3.11 bits per heavy atom. The van der Waals surface area contributed by atoms with Gasteiger partial charge in [-0.1, -0.05) is 6.07 Å². The van der Waals surface area contributed by atoms with E-state index < -0.39 is 0 Å². The van der Waals surface area contributed by atoms with E-state index in [0.29, 0.717) is 11.9 Å². The van der Waals surface area contributed by atoms with E-state index in [1.54, 1.807) is 4.88 Å². The zero-order chi connectivity index (χ0) is 13.2. The minimum Gasteiger partial charge on any atom is -0.308 e. The lowest BCUT2D eigenvalue weighted by Crippen LogP contribution is -2.32. The summed E-state index contributed by atoms with van der Waals surface area (Å²) in [4.78, 5) is 8.31. The lowest BCUT2D eigenvalue weighted by molar-refractivity contribution is 0.191. The third kappa shape index (κ3) is 2.49. The molecule has 0 saturated carbocycles. The van der Waals surface area contributed by atoms with E-state index in [4.69, 9.17) is 5.84 Å². The van der Waals surface area contributed by atoms with Crippen molar-refractivity contribution in [3.8, 4) is 0 Å². The molecule has 3 rings (SSSR count). The zero-order valence-corrected chi connectivity index (χ0v) is 11.8. The number of nitrogens with one attached hydrogen (secondary N) is 1. The lowest BCUT2D eigenvalue weighted by Gasteiger charge is -2.33. The van der Waals surface area contributed by atoms with E-state index in [2.05, 4.69) is 39.7 Å². The van der Waals surface area contributed by atoms with Gasteiger partial charge in [0.1, 0.15) is 5.82 Å². The van der Waals surface area contributed by atoms with Crippen LogP contribution in [-0.2, 0) is 13.0 Å². The first-order chi connectivity index (χ1) is 9.28. The highest BCUT2D eigenvalue weighted by molar-refractivity contribution is 7.10. The maximum Gasteiger partial charge on any atom is 0.139 e. The second kappa shape index (κ2) is 5.28. The molecule has 0 fully saturated rings. The largest absolute Gasteiger partial charge is 0.308 e. The second-order valence-corrected chi connectivity index (χ2v) is 5.89. The van der Waals surface area contributed by atoms with Gasteiger partial charge in [0.15, 0.2) is 0 Å². The number of nitrogens with zero attached hydrogens (tertiary/aromatic N) is 2. The van der Waals surface area contributed by atoms with Crippen molar-refractivity contribution in [2.45, 2.75) is 25.9 Å². The van der Waals surface area contributed by atoms with Gasteiger partial charge in [-0.15, -0.1) is 11.3 Å². The predicted molar refractivity (Wildman–Crippen MR) is 78.9 cm³/mol. The van der Waals surface area contributed by atoms with Crippen LogP contribution < -0.4 is 11.3 Å². The van der Waals surface area contributed by atoms with Crippen molar-refractivity contribution in [3.63, 3.8) is 0 Å². The van der Waals surface area contributed by atoms with Crippen LogP contribution >= 0.6 is 11.3 Å². The first kappa shape index (κ1) is 12.6. The van der Waals surface area contributed by atoms with E-state index in [0.717, 1.165) is 19.5 Å². The minimum atomic E-state index is 0.488. The van der Waals surface area contributed by atoms with Gasteiger partial charge in [-0.05, 0) is 42.0 Å². The van der Waals surface area contributed by atoms with Crippen molar-refractivity contribution in [2.24, 2.45) is 5.84 Å². The Kier molecular flexibility index (Phi) is 3.50. The normalized spacial score (nSPS) is 19.2. The number of hydrogen-bond acceptors (Lipinski definition) is 5. The molecular formula is C14H18N4S. The fourth-order valence-corrected chi connectivity index (χ4v) is 3.58. The number of rotatable bonds is 3. The first-order valence-electron chi connectivity index (χ1n) is 6.50. The minimum absolute atomic E-state index is 0.488. The van der Waals surface area contributed by atoms with Gasteiger partial charge in [0.2, 0.25) is 0 Å². The maximum atomic E-state index is 5.33. The van der Waals surface area contributed by atoms with Crippen LogP contribution in [0.4, 0.5) is 5.82 Å². The van der Waals surface area contributed by atoms with E-state index >= 15 is 0 Å². The number of thiophene rings is 1. The van der Waals surface area contributed by atoms with Crippen molar-refractivity contribution < 1.29 is 0 Å². The van der Waals surface area contributed by atoms with Crippen molar-refractivity contribution in [3.05, 3.63) is 45.8 Å². The maximum absolute atomic E-state index is 5.33. The van der Waals surface area contributed by atoms with Crippen LogP contribution in [0.1, 0.15) is 29.0 Å². The molecule has 4 nitrogen and oxygen atoms in total. The molecule has 19 heavy (non-hydrogen) atoms. The van der Waals surface area contributed by atoms with Crippen molar-refractivity contribution in [2.75, 3.05) is 12.0 Å². The Morgan fingerprint density at radius 2 is 2.37 bits per heavy atom. The Balaban J connectivity index is 1.73. The molecule has 3 N–H and O–H groups in total. The number of pyridine rings is 1. The predicted octanol–water partition coefficient (Wildman–Crippen LogP) is 2.55. The van der Waals surface area contributed by atoms with E-state index in [1.807, 2.05) is 23.6 Å². The zero-order valence-electron chi connectivity index (χ0n) is 11.0. The summed E-state index contributed by atoms with van der Waals surface area (Å²) < 4.78 is 0. The number of nitrogen functional groups attached to an aromatic ring is 1. The number of hydrogen-bond donors (Lipinski definition) is 2. The molecule has 0 amide bonds. The van der Waals surface area contributed by atoms with Crippen LogP contribution in [0.15, 0.2) is 29.8 Å². The third-order valence-electron chi connectivity index (χ3n) is 3.76. The quantitative estimate of drug-likeness (QED) is 0.667. The highest BCUT2D eigenvalue weighted by atomic mass is 32.1. The van der Waals surface area contributed by atoms with Gasteiger partial charge in [0.05, 0.1) is 0 Å². The molecule has 0 bridgehead atoms. The molecule has 0 spiro atoms. The average Bonchev–Trinajstić information content (AvgIpc) is 2.92. The average molecular weight is 274 g/mol. The monoisotopic (exact) mass is 274 g/mol. The Hall–Kier alpha value is -1.43. The molecule has 3 heterocycles. The van der Waals surface area contributed by atoms with Gasteiger partial charge in [0.25, 0.3) is 0 Å². The van der Waals surface area contributed by atoms with Crippen LogP contribution in [0, 0.1) is 0 Å². The summed E-state index contributed by atoms with van der Waals surface area (Å²) in [5.41, 5.74) is 5.27. The number of anilines is 1. The molecule has 1 atom stereocenters. The standard InChI is InChI=1S/C14H18N4S/c1-10-12-5-7-19-13(12)4-6-18(10)9-11-2-3-14(17-15)16-8-11/h2-3,5,7-8,10H,4,6,9,15H2,1H3,(H,16,17). The Morgan fingerprint density at radius 1 is 1.47 bits per heavy atom. The fourth-order valence-electron chi connectivity index (χ4n) is 2.62. The summed E-state index contributed by atoms with van der Waals surface area (Å²) in [6.45, 7) is 4.34. The van der Waals surface area contributed by atoms with Crippen LogP contribution in [0.5, 0.6) is 0 Å². The van der Waals surface area contributed by atoms with Crippen LogP contribution in [-0.4, -0.2) is 16.4 Å². The molecule has 0 saturated heterocycles. The molecule has 2 aromatic heterocycles. The van der Waals surface area contributed by atoms with Crippen molar-refractivity contribution >= 4 is 17.2 Å². The summed E-state index contributed by atoms with van der Waals surface area (Å²) in [5.74, 6) is 6.03. The Labute approximate surface area is 117 Å². The van der Waals surface area contributed by atoms with E-state index in [9.17, 15) is 0 Å². The molecule has 1 aliphatic heterocycles. The summed E-state index contributed by atoms with van der Waals surface area (Å²) in [5, 5.41) is 2.20. The molecule has 2 aromatic rings. The summed E-state index contributed by atoms with van der Waals surface area (Å²) in [6, 6.07) is 6.75. The topological polar surface area (TPSA) is 54.2 Å². The highest BCUT2D eigenvalue weighted by Gasteiger charge is 2.24. The van der Waals surface area contributed by atoms with Crippen LogP contribution in [0.25, 0.3) is 0 Å². The van der Waals surface area contributed by atoms with Gasteiger partial charge in [-0.2, -0.15) is 0 Å². The van der Waals surface area contributed by atoms with E-state index in [1.165, 1.54) is 11.1 Å². The Bertz CT molecular complexity index is 549. The third-order valence-corrected chi connectivity index (χ3v) is 4.76. The van der Waals surface area contributed by atoms with Gasteiger partial charge in [0, 0.05) is 30.2 Å². The van der Waals surface area contributed by atoms with Crippen LogP contribution in [0.3, 0.4) is 0 Å². The summed E-state index contributed by atoms with van der Waals surface area (Å²) in [6.07, 6.45) is 3.05. The van der Waals surface area contributed by atoms with Gasteiger partial charge >= 0.3 is 0 Å². The number of fused-ring (bicyclic) bond motifs is 1. The number of aromatic nitrogens is 1. The highest BCUT2D eigenvalue weighted by Crippen LogP contribution is 2.33.